The van der Waals surface area contributed by atoms with Gasteiger partial charge < -0.3 is 10.1 Å². The second-order valence-electron chi connectivity index (χ2n) is 4.80. The second kappa shape index (κ2) is 9.45. The molecule has 0 aromatic carbocycles. The zero-order valence-corrected chi connectivity index (χ0v) is 15.2. The highest BCUT2D eigenvalue weighted by atomic mass is 32.1. The molecule has 3 rings (SSSR count). The normalized spacial score (nSPS) is 12.5. The number of fused-ring (bicyclic) bond motifs is 3. The molecule has 0 bridgehead atoms. The third kappa shape index (κ3) is 4.64. The van der Waals surface area contributed by atoms with Gasteiger partial charge in [-0.25, -0.2) is 4.98 Å². The van der Waals surface area contributed by atoms with E-state index in [1.807, 2.05) is 27.7 Å². The molecule has 5 nitrogen and oxygen atoms in total. The fourth-order valence-corrected chi connectivity index (χ4v) is 3.83. The Balaban J connectivity index is 0.000000615. The SMILES string of the molecule is CC.CC.O=C(O)CCc1nc2sc3c(c2c(=O)[nH]1)CCCC3. The molecule has 0 aliphatic heterocycles. The van der Waals surface area contributed by atoms with Crippen LogP contribution in [0.2, 0.25) is 0 Å². The molecule has 0 atom stereocenters. The van der Waals surface area contributed by atoms with E-state index in [0.717, 1.165) is 35.0 Å². The van der Waals surface area contributed by atoms with Gasteiger partial charge in [-0.1, -0.05) is 27.7 Å². The van der Waals surface area contributed by atoms with Gasteiger partial charge >= 0.3 is 5.97 Å². The molecule has 0 saturated heterocycles. The molecule has 0 unspecified atom stereocenters. The predicted molar refractivity (Wildman–Crippen MR) is 95.5 cm³/mol. The number of nitrogens with zero attached hydrogens (tertiary/aromatic N) is 1. The smallest absolute Gasteiger partial charge is 0.303 e. The largest absolute Gasteiger partial charge is 0.481 e. The highest BCUT2D eigenvalue weighted by Crippen LogP contribution is 2.33. The van der Waals surface area contributed by atoms with Gasteiger partial charge in [0, 0.05) is 11.3 Å². The molecule has 0 fully saturated rings. The average Bonchev–Trinajstić information content (AvgIpc) is 2.95. The Kier molecular flexibility index (Phi) is 7.95. The highest BCUT2D eigenvalue weighted by Gasteiger charge is 2.19. The maximum Gasteiger partial charge on any atom is 0.303 e. The molecule has 0 radical (unpaired) electrons. The minimum atomic E-state index is -0.881. The number of hydrogen-bond acceptors (Lipinski definition) is 4. The third-order valence-corrected chi connectivity index (χ3v) is 4.64. The van der Waals surface area contributed by atoms with Crippen LogP contribution >= 0.6 is 11.3 Å². The monoisotopic (exact) mass is 338 g/mol. The van der Waals surface area contributed by atoms with Gasteiger partial charge in [0.15, 0.2) is 0 Å². The number of aromatic amines is 1. The first-order valence-electron chi connectivity index (χ1n) is 8.40. The number of aliphatic carboxylic acids is 1. The van der Waals surface area contributed by atoms with Crippen molar-refractivity contribution in [3.05, 3.63) is 26.6 Å². The van der Waals surface area contributed by atoms with E-state index in [1.54, 1.807) is 11.3 Å². The molecule has 2 heterocycles. The van der Waals surface area contributed by atoms with Crippen molar-refractivity contribution in [3.8, 4) is 0 Å². The molecule has 0 amide bonds. The summed E-state index contributed by atoms with van der Waals surface area (Å²) < 4.78 is 0. The van der Waals surface area contributed by atoms with Crippen LogP contribution in [0.25, 0.3) is 10.2 Å². The van der Waals surface area contributed by atoms with Crippen molar-refractivity contribution in [2.75, 3.05) is 0 Å². The Morgan fingerprint density at radius 3 is 2.52 bits per heavy atom. The van der Waals surface area contributed by atoms with Gasteiger partial charge in [0.1, 0.15) is 10.7 Å². The summed E-state index contributed by atoms with van der Waals surface area (Å²) in [6.07, 6.45) is 4.53. The van der Waals surface area contributed by atoms with Gasteiger partial charge in [0.2, 0.25) is 0 Å². The van der Waals surface area contributed by atoms with E-state index < -0.39 is 5.97 Å². The molecule has 0 saturated carbocycles. The summed E-state index contributed by atoms with van der Waals surface area (Å²) in [5.74, 6) is -0.410. The number of rotatable bonds is 3. The Labute approximate surface area is 140 Å². The maximum absolute atomic E-state index is 12.1. The van der Waals surface area contributed by atoms with Crippen molar-refractivity contribution in [1.82, 2.24) is 9.97 Å². The van der Waals surface area contributed by atoms with Crippen LogP contribution in [-0.4, -0.2) is 21.0 Å². The van der Waals surface area contributed by atoms with Crippen molar-refractivity contribution in [2.45, 2.75) is 66.2 Å². The number of H-pyrrole nitrogens is 1. The van der Waals surface area contributed by atoms with E-state index in [0.29, 0.717) is 5.82 Å². The van der Waals surface area contributed by atoms with E-state index in [4.69, 9.17) is 5.11 Å². The Morgan fingerprint density at radius 1 is 1.22 bits per heavy atom. The molecule has 2 aromatic heterocycles. The Morgan fingerprint density at radius 2 is 1.87 bits per heavy atom. The lowest BCUT2D eigenvalue weighted by molar-refractivity contribution is -0.137. The van der Waals surface area contributed by atoms with Crippen LogP contribution in [0.4, 0.5) is 0 Å². The van der Waals surface area contributed by atoms with Crippen molar-refractivity contribution >= 4 is 27.5 Å². The molecule has 1 aliphatic carbocycles. The molecule has 0 spiro atoms. The van der Waals surface area contributed by atoms with E-state index in [9.17, 15) is 9.59 Å². The standard InChI is InChI=1S/C13H14N2O3S.2C2H6/c16-10(17)6-5-9-14-12(18)11-7-3-1-2-4-8(7)19-13(11)15-9;2*1-2/h1-6H2,(H,16,17)(H,14,15,18);2*1-2H3. The summed E-state index contributed by atoms with van der Waals surface area (Å²) in [6.45, 7) is 8.00. The first kappa shape index (κ1) is 19.4. The first-order valence-corrected chi connectivity index (χ1v) is 9.22. The number of hydrogen-bond donors (Lipinski definition) is 2. The average molecular weight is 338 g/mol. The lowest BCUT2D eigenvalue weighted by Gasteiger charge is -2.09. The van der Waals surface area contributed by atoms with Crippen LogP contribution in [0.15, 0.2) is 4.79 Å². The van der Waals surface area contributed by atoms with Crippen LogP contribution in [0, 0.1) is 0 Å². The summed E-state index contributed by atoms with van der Waals surface area (Å²) in [5.41, 5.74) is 1.04. The van der Waals surface area contributed by atoms with Gasteiger partial charge in [-0.2, -0.15) is 0 Å². The van der Waals surface area contributed by atoms with Gasteiger partial charge in [-0.3, -0.25) is 9.59 Å². The van der Waals surface area contributed by atoms with E-state index >= 15 is 0 Å². The van der Waals surface area contributed by atoms with Gasteiger partial charge in [0.05, 0.1) is 11.8 Å². The molecular formula is C17H26N2O3S. The van der Waals surface area contributed by atoms with Crippen LogP contribution in [0.3, 0.4) is 0 Å². The number of carboxylic acids is 1. The van der Waals surface area contributed by atoms with E-state index in [-0.39, 0.29) is 18.4 Å². The molecule has 128 valence electrons. The van der Waals surface area contributed by atoms with Gasteiger partial charge in [-0.05, 0) is 31.2 Å². The maximum atomic E-state index is 12.1. The second-order valence-corrected chi connectivity index (χ2v) is 5.88. The highest BCUT2D eigenvalue weighted by molar-refractivity contribution is 7.18. The summed E-state index contributed by atoms with van der Waals surface area (Å²) in [5, 5.41) is 9.39. The summed E-state index contributed by atoms with van der Waals surface area (Å²) in [4.78, 5) is 31.9. The molecule has 2 N–H and O–H groups in total. The fraction of sp³-hybridized carbons (Fsp3) is 0.588. The van der Waals surface area contributed by atoms with Crippen molar-refractivity contribution in [3.63, 3.8) is 0 Å². The van der Waals surface area contributed by atoms with Crippen LogP contribution < -0.4 is 5.56 Å². The zero-order valence-electron chi connectivity index (χ0n) is 14.4. The molecule has 2 aromatic rings. The Bertz CT molecular complexity index is 704. The lowest BCUT2D eigenvalue weighted by Crippen LogP contribution is -2.13. The minimum absolute atomic E-state index is 0.0143. The molecular weight excluding hydrogens is 312 g/mol. The van der Waals surface area contributed by atoms with Crippen molar-refractivity contribution in [2.24, 2.45) is 0 Å². The van der Waals surface area contributed by atoms with Crippen molar-refractivity contribution in [1.29, 1.82) is 0 Å². The molecule has 23 heavy (non-hydrogen) atoms. The molecule has 6 heteroatoms. The van der Waals surface area contributed by atoms with Gasteiger partial charge in [-0.15, -0.1) is 11.3 Å². The number of aromatic nitrogens is 2. The predicted octanol–water partition coefficient (Wildman–Crippen LogP) is 3.93. The van der Waals surface area contributed by atoms with E-state index in [2.05, 4.69) is 9.97 Å². The van der Waals surface area contributed by atoms with Crippen molar-refractivity contribution < 1.29 is 9.90 Å². The fourth-order valence-electron chi connectivity index (χ4n) is 2.55. The lowest BCUT2D eigenvalue weighted by atomic mass is 9.97. The minimum Gasteiger partial charge on any atom is -0.481 e. The van der Waals surface area contributed by atoms with Crippen LogP contribution in [0.1, 0.15) is 63.2 Å². The van der Waals surface area contributed by atoms with E-state index in [1.165, 1.54) is 11.3 Å². The quantitative estimate of drug-likeness (QED) is 0.888. The zero-order chi connectivity index (χ0) is 17.4. The number of nitrogens with one attached hydrogen (secondary N) is 1. The summed E-state index contributed by atoms with van der Waals surface area (Å²) in [6, 6.07) is 0. The number of carbonyl (C=O) groups is 1. The van der Waals surface area contributed by atoms with Crippen LogP contribution in [0.5, 0.6) is 0 Å². The Hall–Kier alpha value is -1.69. The number of carboxylic acid groups (broad SMARTS) is 1. The van der Waals surface area contributed by atoms with Crippen LogP contribution in [-0.2, 0) is 24.1 Å². The first-order chi connectivity index (χ1) is 11.1. The number of thiophene rings is 1. The number of aryl methyl sites for hydroxylation is 3. The summed E-state index contributed by atoms with van der Waals surface area (Å²) >= 11 is 1.58. The molecule has 1 aliphatic rings. The van der Waals surface area contributed by atoms with Gasteiger partial charge in [0.25, 0.3) is 5.56 Å². The topological polar surface area (TPSA) is 83.0 Å². The summed E-state index contributed by atoms with van der Waals surface area (Å²) in [7, 11) is 0. The third-order valence-electron chi connectivity index (χ3n) is 3.45.